The second kappa shape index (κ2) is 6.77. The first kappa shape index (κ1) is 15.6. The normalized spacial score (nSPS) is 10.6. The van der Waals surface area contributed by atoms with Gasteiger partial charge in [0.1, 0.15) is 11.5 Å². The number of hydrogen-bond acceptors (Lipinski definition) is 5. The lowest BCUT2D eigenvalue weighted by molar-refractivity contribution is 0.0601. The molecule has 1 heterocycles. The Kier molecular flexibility index (Phi) is 4.80. The van der Waals surface area contributed by atoms with Gasteiger partial charge in [-0.3, -0.25) is 0 Å². The van der Waals surface area contributed by atoms with Crippen molar-refractivity contribution in [1.29, 1.82) is 0 Å². The van der Waals surface area contributed by atoms with Gasteiger partial charge in [-0.2, -0.15) is 5.10 Å². The Balaban J connectivity index is 2.34. The lowest BCUT2D eigenvalue weighted by atomic mass is 10.1. The number of amides is 2. The number of urea groups is 1. The summed E-state index contributed by atoms with van der Waals surface area (Å²) in [6.07, 6.45) is 1.27. The molecule has 0 atom stereocenters. The van der Waals surface area contributed by atoms with Crippen molar-refractivity contribution >= 4 is 29.8 Å². The molecule has 1 aromatic carbocycles. The van der Waals surface area contributed by atoms with E-state index < -0.39 is 12.0 Å². The smallest absolute Gasteiger partial charge is 0.338 e. The number of carbonyl (C=O) groups is 2. The summed E-state index contributed by atoms with van der Waals surface area (Å²) >= 11 is 5.96. The van der Waals surface area contributed by atoms with Gasteiger partial charge in [0.15, 0.2) is 0 Å². The molecule has 0 bridgehead atoms. The van der Waals surface area contributed by atoms with Crippen LogP contribution in [0, 0.1) is 0 Å². The molecular weight excluding hydrogens is 310 g/mol. The van der Waals surface area contributed by atoms with Crippen LogP contribution in [0.3, 0.4) is 0 Å². The van der Waals surface area contributed by atoms with Crippen molar-refractivity contribution in [2.75, 3.05) is 7.11 Å². The Morgan fingerprint density at radius 2 is 2.14 bits per heavy atom. The molecule has 22 heavy (non-hydrogen) atoms. The number of ether oxygens (including phenoxy) is 1. The van der Waals surface area contributed by atoms with Crippen LogP contribution < -0.4 is 11.2 Å². The number of nitrogens with two attached hydrogens (primary N) is 1. The number of methoxy groups -OCH3 is 1. The molecule has 0 saturated heterocycles. The summed E-state index contributed by atoms with van der Waals surface area (Å²) < 4.78 is 10.3. The number of furan rings is 1. The van der Waals surface area contributed by atoms with Gasteiger partial charge < -0.3 is 14.9 Å². The fourth-order valence-corrected chi connectivity index (χ4v) is 1.91. The van der Waals surface area contributed by atoms with Crippen molar-refractivity contribution in [1.82, 2.24) is 5.43 Å². The van der Waals surface area contributed by atoms with Crippen LogP contribution in [0.5, 0.6) is 0 Å². The Labute approximate surface area is 130 Å². The summed E-state index contributed by atoms with van der Waals surface area (Å²) in [6.45, 7) is 0. The maximum Gasteiger partial charge on any atom is 0.338 e. The van der Waals surface area contributed by atoms with E-state index in [4.69, 9.17) is 26.5 Å². The highest BCUT2D eigenvalue weighted by Gasteiger charge is 2.16. The second-order valence-electron chi connectivity index (χ2n) is 4.12. The third-order valence-electron chi connectivity index (χ3n) is 2.65. The molecule has 3 N–H and O–H groups in total. The number of esters is 1. The van der Waals surface area contributed by atoms with Crippen LogP contribution in [0.4, 0.5) is 4.79 Å². The molecule has 0 aliphatic rings. The van der Waals surface area contributed by atoms with Crippen LogP contribution in [0.15, 0.2) is 39.9 Å². The van der Waals surface area contributed by atoms with Crippen molar-refractivity contribution in [3.8, 4) is 11.3 Å². The monoisotopic (exact) mass is 321 g/mol. The van der Waals surface area contributed by atoms with Crippen molar-refractivity contribution < 1.29 is 18.7 Å². The van der Waals surface area contributed by atoms with Crippen LogP contribution in [0.25, 0.3) is 11.3 Å². The summed E-state index contributed by atoms with van der Waals surface area (Å²) in [4.78, 5) is 22.3. The SMILES string of the molecule is COC(=O)c1ccc(Cl)cc1-c1ccc(/C=N\NC(N)=O)o1. The molecule has 7 nitrogen and oxygen atoms in total. The van der Waals surface area contributed by atoms with Gasteiger partial charge >= 0.3 is 12.0 Å². The number of nitrogens with one attached hydrogen (secondary N) is 1. The van der Waals surface area contributed by atoms with Gasteiger partial charge in [0.05, 0.1) is 18.9 Å². The van der Waals surface area contributed by atoms with Gasteiger partial charge in [-0.25, -0.2) is 15.0 Å². The van der Waals surface area contributed by atoms with Gasteiger partial charge in [0.25, 0.3) is 0 Å². The van der Waals surface area contributed by atoms with E-state index in [-0.39, 0.29) is 0 Å². The molecule has 0 aliphatic carbocycles. The third-order valence-corrected chi connectivity index (χ3v) is 2.88. The fourth-order valence-electron chi connectivity index (χ4n) is 1.73. The van der Waals surface area contributed by atoms with Crippen LogP contribution in [-0.2, 0) is 4.74 Å². The van der Waals surface area contributed by atoms with Crippen molar-refractivity contribution in [2.45, 2.75) is 0 Å². The molecule has 0 unspecified atom stereocenters. The minimum absolute atomic E-state index is 0.319. The van der Waals surface area contributed by atoms with E-state index in [0.717, 1.165) is 0 Å². The summed E-state index contributed by atoms with van der Waals surface area (Å²) in [5.41, 5.74) is 7.73. The van der Waals surface area contributed by atoms with Gasteiger partial charge in [-0.1, -0.05) is 11.6 Å². The number of nitrogens with zero attached hydrogens (tertiary/aromatic N) is 1. The molecule has 114 valence electrons. The first-order chi connectivity index (χ1) is 10.5. The molecule has 0 saturated carbocycles. The standard InChI is InChI=1S/C14H12ClN3O4/c1-21-13(19)10-4-2-8(15)6-11(10)12-5-3-9(22-12)7-17-18-14(16)20/h2-7H,1H3,(H3,16,18,20)/b17-7-. The number of halogens is 1. The molecule has 0 aliphatic heterocycles. The van der Waals surface area contributed by atoms with Gasteiger partial charge in [-0.15, -0.1) is 0 Å². The highest BCUT2D eigenvalue weighted by atomic mass is 35.5. The van der Waals surface area contributed by atoms with Crippen molar-refractivity contribution in [3.05, 3.63) is 46.7 Å². The minimum atomic E-state index is -0.786. The Morgan fingerprint density at radius 3 is 2.82 bits per heavy atom. The fraction of sp³-hybridized carbons (Fsp3) is 0.0714. The maximum atomic E-state index is 11.8. The number of hydrogen-bond donors (Lipinski definition) is 2. The summed E-state index contributed by atoms with van der Waals surface area (Å²) in [5, 5.41) is 4.03. The average molecular weight is 322 g/mol. The van der Waals surface area contributed by atoms with E-state index in [2.05, 4.69) is 5.10 Å². The van der Waals surface area contributed by atoms with E-state index in [9.17, 15) is 9.59 Å². The van der Waals surface area contributed by atoms with E-state index in [1.54, 1.807) is 30.3 Å². The quantitative estimate of drug-likeness (QED) is 0.512. The van der Waals surface area contributed by atoms with Crippen molar-refractivity contribution in [2.24, 2.45) is 10.8 Å². The number of primary amides is 1. The molecule has 8 heteroatoms. The second-order valence-corrected chi connectivity index (χ2v) is 4.55. The molecule has 0 fully saturated rings. The lowest BCUT2D eigenvalue weighted by Crippen LogP contribution is -2.24. The molecule has 1 aromatic heterocycles. The van der Waals surface area contributed by atoms with Crippen LogP contribution in [-0.4, -0.2) is 25.3 Å². The summed E-state index contributed by atoms with van der Waals surface area (Å²) in [5.74, 6) is 0.261. The zero-order chi connectivity index (χ0) is 16.1. The van der Waals surface area contributed by atoms with E-state index in [1.165, 1.54) is 13.3 Å². The third kappa shape index (κ3) is 3.64. The number of rotatable bonds is 4. The lowest BCUT2D eigenvalue weighted by Gasteiger charge is -2.06. The molecule has 2 aromatic rings. The van der Waals surface area contributed by atoms with Gasteiger partial charge in [0.2, 0.25) is 0 Å². The summed E-state index contributed by atoms with van der Waals surface area (Å²) in [6, 6.07) is 7.20. The topological polar surface area (TPSA) is 107 Å². The predicted octanol–water partition coefficient (Wildman–Crippen LogP) is 2.39. The number of carbonyl (C=O) groups excluding carboxylic acids is 2. The first-order valence-corrected chi connectivity index (χ1v) is 6.45. The van der Waals surface area contributed by atoms with E-state index in [0.29, 0.717) is 27.7 Å². The Bertz CT molecular complexity index is 739. The van der Waals surface area contributed by atoms with Gasteiger partial charge in [0, 0.05) is 10.6 Å². The minimum Gasteiger partial charge on any atom is -0.465 e. The number of hydrazone groups is 1. The largest absolute Gasteiger partial charge is 0.465 e. The van der Waals surface area contributed by atoms with E-state index in [1.807, 2.05) is 5.43 Å². The van der Waals surface area contributed by atoms with Crippen LogP contribution >= 0.6 is 11.6 Å². The van der Waals surface area contributed by atoms with Crippen LogP contribution in [0.1, 0.15) is 16.1 Å². The zero-order valence-corrected chi connectivity index (χ0v) is 12.3. The van der Waals surface area contributed by atoms with Crippen molar-refractivity contribution in [3.63, 3.8) is 0 Å². The number of benzene rings is 1. The molecule has 2 rings (SSSR count). The molecule has 2 amide bonds. The zero-order valence-electron chi connectivity index (χ0n) is 11.5. The molecule has 0 spiro atoms. The molecule has 0 radical (unpaired) electrons. The summed E-state index contributed by atoms with van der Waals surface area (Å²) in [7, 11) is 1.29. The first-order valence-electron chi connectivity index (χ1n) is 6.08. The average Bonchev–Trinajstić information content (AvgIpc) is 2.94. The Hall–Kier alpha value is -2.80. The highest BCUT2D eigenvalue weighted by molar-refractivity contribution is 6.31. The molecular formula is C14H12ClN3O4. The van der Waals surface area contributed by atoms with Crippen LogP contribution in [0.2, 0.25) is 5.02 Å². The Morgan fingerprint density at radius 1 is 1.36 bits per heavy atom. The van der Waals surface area contributed by atoms with Gasteiger partial charge in [-0.05, 0) is 30.3 Å². The maximum absolute atomic E-state index is 11.8. The predicted molar refractivity (Wildman–Crippen MR) is 80.8 cm³/mol. The highest BCUT2D eigenvalue weighted by Crippen LogP contribution is 2.29. The van der Waals surface area contributed by atoms with E-state index >= 15 is 0 Å².